The molecule has 0 saturated heterocycles. The highest BCUT2D eigenvalue weighted by Crippen LogP contribution is 2.44. The second-order valence-corrected chi connectivity index (χ2v) is 3.71. The third-order valence-electron chi connectivity index (χ3n) is 0.321. The van der Waals surface area contributed by atoms with E-state index in [4.69, 9.17) is 0 Å². The van der Waals surface area contributed by atoms with Gasteiger partial charge >= 0.3 is 9.17 Å². The van der Waals surface area contributed by atoms with Gasteiger partial charge in [0.15, 0.2) is 0 Å². The molecule has 0 bridgehead atoms. The Morgan fingerprint density at radius 3 is 1.00 bits per heavy atom. The second kappa shape index (κ2) is 5.81. The average molecular weight is 271 g/mol. The van der Waals surface area contributed by atoms with Crippen molar-refractivity contribution < 1.29 is 13.2 Å². The third-order valence-corrected chi connectivity index (χ3v) is 1.75. The zero-order valence-electron chi connectivity index (χ0n) is 4.60. The molecule has 0 fully saturated rings. The lowest BCUT2D eigenvalue weighted by Crippen LogP contribution is -2.26. The van der Waals surface area contributed by atoms with E-state index < -0.39 is 9.17 Å². The van der Waals surface area contributed by atoms with E-state index in [9.17, 15) is 13.2 Å². The van der Waals surface area contributed by atoms with Gasteiger partial charge in [0.2, 0.25) is 6.13 Å². The zero-order chi connectivity index (χ0) is 9.71. The molecular weight excluding hydrogens is 270 g/mol. The summed E-state index contributed by atoms with van der Waals surface area (Å²) in [5.41, 5.74) is 0. The predicted octanol–water partition coefficient (Wildman–Crippen LogP) is 4.50. The van der Waals surface area contributed by atoms with Gasteiger partial charge in [0.1, 0.15) is 0 Å². The lowest BCUT2D eigenvalue weighted by atomic mass is 10.8. The molecule has 0 N–H and O–H groups in total. The maximum Gasteiger partial charge on any atom is 0.320 e. The highest BCUT2D eigenvalue weighted by molar-refractivity contribution is 6.60. The van der Waals surface area contributed by atoms with Crippen LogP contribution in [0.1, 0.15) is 0 Å². The normalized spacial score (nSPS) is 12.0. The maximum absolute atomic E-state index is 11.8. The van der Waals surface area contributed by atoms with Crippen LogP contribution in [0.5, 0.6) is 0 Å². The van der Waals surface area contributed by atoms with Crippen molar-refractivity contribution >= 4 is 58.0 Å². The molecule has 0 aliphatic rings. The molecule has 0 unspecified atom stereocenters. The Bertz CT molecular complexity index is 82.1. The fourth-order valence-electron chi connectivity index (χ4n) is 0. The molecule has 0 atom stereocenters. The van der Waals surface area contributed by atoms with Crippen molar-refractivity contribution in [2.75, 3.05) is 0 Å². The zero-order valence-corrected chi connectivity index (χ0v) is 8.38. The van der Waals surface area contributed by atoms with E-state index in [0.717, 1.165) is 0 Å². The van der Waals surface area contributed by atoms with Crippen LogP contribution in [0.25, 0.3) is 0 Å². The van der Waals surface area contributed by atoms with Crippen LogP contribution in [0.2, 0.25) is 0 Å². The van der Waals surface area contributed by atoms with E-state index in [0.29, 0.717) is 0 Å². The molecule has 0 aliphatic heterocycles. The smallest absolute Gasteiger partial charge is 0.225 e. The Labute approximate surface area is 86.5 Å². The van der Waals surface area contributed by atoms with E-state index in [1.54, 1.807) is 0 Å². The van der Waals surface area contributed by atoms with Crippen molar-refractivity contribution in [3.8, 4) is 0 Å². The highest BCUT2D eigenvalue weighted by Gasteiger charge is 2.48. The molecule has 0 rings (SSSR count). The maximum atomic E-state index is 11.8. The van der Waals surface area contributed by atoms with Gasteiger partial charge in [-0.3, -0.25) is 0 Å². The van der Waals surface area contributed by atoms with E-state index in [2.05, 4.69) is 58.0 Å². The van der Waals surface area contributed by atoms with Crippen LogP contribution in [-0.4, -0.2) is 9.17 Å². The molecule has 0 nitrogen and oxygen atoms in total. The minimum atomic E-state index is -3.25. The van der Waals surface area contributed by atoms with Gasteiger partial charge in [-0.15, -0.1) is 0 Å². The van der Waals surface area contributed by atoms with Gasteiger partial charge < -0.3 is 0 Å². The molecule has 0 spiro atoms. The molecule has 0 aromatic carbocycles. The Hall–Kier alpha value is 1.24. The molecule has 0 aliphatic carbocycles. The van der Waals surface area contributed by atoms with Crippen molar-refractivity contribution in [3.05, 3.63) is 6.13 Å². The summed E-state index contributed by atoms with van der Waals surface area (Å²) in [6.07, 6.45) is -0.0278. The SMILES string of the molecule is FC(Cl)(Cl)C(F)(Cl)Cl.F[CH]Cl. The molecule has 1 radical (unpaired) electrons. The summed E-state index contributed by atoms with van der Waals surface area (Å²) in [4.78, 5) is 0. The van der Waals surface area contributed by atoms with Crippen LogP contribution in [0, 0.1) is 6.13 Å². The summed E-state index contributed by atoms with van der Waals surface area (Å²) in [6.45, 7) is 0. The molecule has 0 saturated carbocycles. The summed E-state index contributed by atoms with van der Waals surface area (Å²) in [7, 11) is 0. The lowest BCUT2D eigenvalue weighted by molar-refractivity contribution is 0.233. The Morgan fingerprint density at radius 1 is 0.909 bits per heavy atom. The van der Waals surface area contributed by atoms with Crippen molar-refractivity contribution in [1.29, 1.82) is 0 Å². The minimum Gasteiger partial charge on any atom is -0.225 e. The Morgan fingerprint density at radius 2 is 1.00 bits per heavy atom. The van der Waals surface area contributed by atoms with Crippen molar-refractivity contribution in [1.82, 2.24) is 0 Å². The average Bonchev–Trinajstić information content (AvgIpc) is 1.60. The first-order valence-corrected chi connectivity index (χ1v) is 3.77. The van der Waals surface area contributed by atoms with Crippen LogP contribution < -0.4 is 0 Å². The van der Waals surface area contributed by atoms with Gasteiger partial charge in [0, 0.05) is 0 Å². The highest BCUT2D eigenvalue weighted by atomic mass is 35.5. The summed E-state index contributed by atoms with van der Waals surface area (Å²) >= 11 is 22.1. The van der Waals surface area contributed by atoms with Crippen molar-refractivity contribution in [2.45, 2.75) is 9.17 Å². The summed E-state index contributed by atoms with van der Waals surface area (Å²) in [5, 5.41) is 0. The molecular formula is C3HCl5F3. The first-order valence-electron chi connectivity index (χ1n) is 1.82. The van der Waals surface area contributed by atoms with Gasteiger partial charge in [0.25, 0.3) is 0 Å². The van der Waals surface area contributed by atoms with E-state index >= 15 is 0 Å². The number of halogens is 8. The lowest BCUT2D eigenvalue weighted by Gasteiger charge is -2.15. The largest absolute Gasteiger partial charge is 0.320 e. The number of hydrogen-bond donors (Lipinski definition) is 0. The third kappa shape index (κ3) is 9.15. The van der Waals surface area contributed by atoms with Crippen LogP contribution in [0.15, 0.2) is 0 Å². The number of rotatable bonds is 1. The minimum absolute atomic E-state index is 0.0278. The van der Waals surface area contributed by atoms with Gasteiger partial charge in [-0.25, -0.2) is 13.2 Å². The van der Waals surface area contributed by atoms with Crippen LogP contribution in [0.3, 0.4) is 0 Å². The van der Waals surface area contributed by atoms with Crippen LogP contribution in [0.4, 0.5) is 13.2 Å². The van der Waals surface area contributed by atoms with Gasteiger partial charge in [-0.2, -0.15) is 0 Å². The predicted molar refractivity (Wildman–Crippen MR) is 42.4 cm³/mol. The van der Waals surface area contributed by atoms with E-state index in [1.807, 2.05) is 0 Å². The first kappa shape index (κ1) is 14.7. The second-order valence-electron chi connectivity index (χ2n) is 1.08. The fourth-order valence-corrected chi connectivity index (χ4v) is 0. The van der Waals surface area contributed by atoms with Gasteiger partial charge in [-0.05, 0) is 0 Å². The Kier molecular flexibility index (Phi) is 7.79. The molecule has 69 valence electrons. The van der Waals surface area contributed by atoms with Crippen molar-refractivity contribution in [2.24, 2.45) is 0 Å². The van der Waals surface area contributed by atoms with Crippen molar-refractivity contribution in [3.63, 3.8) is 0 Å². The molecule has 0 aromatic rings. The number of alkyl halides is 6. The number of hydrogen-bond acceptors (Lipinski definition) is 0. The molecule has 11 heavy (non-hydrogen) atoms. The topological polar surface area (TPSA) is 0 Å². The fraction of sp³-hybridized carbons (Fsp3) is 0.667. The standard InChI is InChI=1S/C2Cl4F2.CHClF/c3-1(4,7)2(5,6)8;2-1-3/h;1H. The van der Waals surface area contributed by atoms with Crippen LogP contribution in [-0.2, 0) is 0 Å². The summed E-state index contributed by atoms with van der Waals surface area (Å²) in [5.74, 6) is 0. The summed E-state index contributed by atoms with van der Waals surface area (Å²) in [6, 6.07) is 0. The van der Waals surface area contributed by atoms with E-state index in [1.165, 1.54) is 0 Å². The van der Waals surface area contributed by atoms with Crippen LogP contribution >= 0.6 is 58.0 Å². The monoisotopic (exact) mass is 269 g/mol. The molecule has 0 aromatic heterocycles. The van der Waals surface area contributed by atoms with Gasteiger partial charge in [0.05, 0.1) is 0 Å². The summed E-state index contributed by atoms with van der Waals surface area (Å²) < 4.78 is 27.0. The quantitative estimate of drug-likeness (QED) is 0.616. The molecule has 0 heterocycles. The molecule has 8 heteroatoms. The van der Waals surface area contributed by atoms with Gasteiger partial charge in [-0.1, -0.05) is 58.0 Å². The first-order chi connectivity index (χ1) is 4.66. The molecule has 0 amide bonds. The Balaban J connectivity index is 0. The van der Waals surface area contributed by atoms with E-state index in [-0.39, 0.29) is 6.13 Å².